The second-order valence-electron chi connectivity index (χ2n) is 8.65. The second-order valence-corrected chi connectivity index (χ2v) is 8.65. The van der Waals surface area contributed by atoms with Gasteiger partial charge in [-0.25, -0.2) is 4.39 Å². The summed E-state index contributed by atoms with van der Waals surface area (Å²) in [7, 11) is 1.49. The summed E-state index contributed by atoms with van der Waals surface area (Å²) in [5.41, 5.74) is 1.22. The number of methoxy groups -OCH3 is 1. The highest BCUT2D eigenvalue weighted by Gasteiger charge is 2.41. The zero-order valence-corrected chi connectivity index (χ0v) is 16.8. The van der Waals surface area contributed by atoms with Gasteiger partial charge in [0.05, 0.1) is 13.2 Å². The van der Waals surface area contributed by atoms with Crippen LogP contribution in [0.3, 0.4) is 0 Å². The molecule has 0 aromatic heterocycles. The Morgan fingerprint density at radius 3 is 2.79 bits per heavy atom. The average Bonchev–Trinajstić information content (AvgIpc) is 3.20. The Balaban J connectivity index is 1.32. The first-order valence-electron chi connectivity index (χ1n) is 10.5. The van der Waals surface area contributed by atoms with Gasteiger partial charge in [-0.2, -0.15) is 0 Å². The van der Waals surface area contributed by atoms with Gasteiger partial charge >= 0.3 is 0 Å². The summed E-state index contributed by atoms with van der Waals surface area (Å²) in [5, 5.41) is 0. The van der Waals surface area contributed by atoms with Crippen molar-refractivity contribution in [2.24, 2.45) is 5.41 Å². The quantitative estimate of drug-likeness (QED) is 0.774. The Bertz CT molecular complexity index is 697. The van der Waals surface area contributed by atoms with E-state index in [9.17, 15) is 9.18 Å². The predicted molar refractivity (Wildman–Crippen MR) is 105 cm³/mol. The van der Waals surface area contributed by atoms with Crippen LogP contribution in [-0.2, 0) is 16.1 Å². The lowest BCUT2D eigenvalue weighted by atomic mass is 9.72. The SMILES string of the molecule is COc1ccc(CN2CCC3(CCC(=O)N(CC4CCCO4)C3)CC2)cc1F. The Hall–Kier alpha value is -1.66. The number of carbonyl (C=O) groups excluding carboxylic acids is 1. The number of amides is 1. The Morgan fingerprint density at radius 2 is 2.11 bits per heavy atom. The Labute approximate surface area is 166 Å². The third-order valence-electron chi connectivity index (χ3n) is 6.74. The van der Waals surface area contributed by atoms with Crippen molar-refractivity contribution in [1.82, 2.24) is 9.80 Å². The van der Waals surface area contributed by atoms with Crippen molar-refractivity contribution in [2.75, 3.05) is 39.9 Å². The van der Waals surface area contributed by atoms with Crippen molar-refractivity contribution < 1.29 is 18.7 Å². The van der Waals surface area contributed by atoms with Crippen molar-refractivity contribution in [3.05, 3.63) is 29.6 Å². The van der Waals surface area contributed by atoms with Gasteiger partial charge in [0.1, 0.15) is 0 Å². The summed E-state index contributed by atoms with van der Waals surface area (Å²) in [4.78, 5) is 16.9. The largest absolute Gasteiger partial charge is 0.494 e. The summed E-state index contributed by atoms with van der Waals surface area (Å²) in [5.74, 6) is 0.279. The number of nitrogens with zero attached hydrogens (tertiary/aromatic N) is 2. The second kappa shape index (κ2) is 8.37. The first-order valence-corrected chi connectivity index (χ1v) is 10.5. The zero-order valence-electron chi connectivity index (χ0n) is 16.8. The van der Waals surface area contributed by atoms with Gasteiger partial charge in [0.2, 0.25) is 5.91 Å². The molecule has 0 bridgehead atoms. The third kappa shape index (κ3) is 4.33. The molecule has 1 atom stereocenters. The van der Waals surface area contributed by atoms with Crippen LogP contribution in [0.15, 0.2) is 18.2 Å². The van der Waals surface area contributed by atoms with E-state index in [4.69, 9.17) is 9.47 Å². The number of rotatable bonds is 5. The lowest BCUT2D eigenvalue weighted by molar-refractivity contribution is -0.141. The lowest BCUT2D eigenvalue weighted by Crippen LogP contribution is -2.52. The highest BCUT2D eigenvalue weighted by Crippen LogP contribution is 2.40. The van der Waals surface area contributed by atoms with Crippen molar-refractivity contribution in [3.63, 3.8) is 0 Å². The molecule has 3 aliphatic heterocycles. The highest BCUT2D eigenvalue weighted by atomic mass is 19.1. The molecule has 0 radical (unpaired) electrons. The number of piperidine rings is 2. The third-order valence-corrected chi connectivity index (χ3v) is 6.74. The first-order chi connectivity index (χ1) is 13.6. The highest BCUT2D eigenvalue weighted by molar-refractivity contribution is 5.77. The molecule has 1 spiro atoms. The van der Waals surface area contributed by atoms with Gasteiger partial charge in [0, 0.05) is 32.7 Å². The van der Waals surface area contributed by atoms with Crippen LogP contribution >= 0.6 is 0 Å². The summed E-state index contributed by atoms with van der Waals surface area (Å²) in [6.45, 7) is 5.21. The number of hydrogen-bond donors (Lipinski definition) is 0. The van der Waals surface area contributed by atoms with Crippen molar-refractivity contribution in [3.8, 4) is 5.75 Å². The van der Waals surface area contributed by atoms with Gasteiger partial charge in [-0.05, 0) is 68.3 Å². The van der Waals surface area contributed by atoms with Gasteiger partial charge in [-0.1, -0.05) is 6.07 Å². The average molecular weight is 390 g/mol. The van der Waals surface area contributed by atoms with Gasteiger partial charge in [0.25, 0.3) is 0 Å². The molecule has 3 aliphatic rings. The van der Waals surface area contributed by atoms with Crippen molar-refractivity contribution >= 4 is 5.91 Å². The van der Waals surface area contributed by atoms with E-state index in [-0.39, 0.29) is 23.2 Å². The minimum absolute atomic E-state index is 0.226. The van der Waals surface area contributed by atoms with Gasteiger partial charge < -0.3 is 14.4 Å². The number of halogens is 1. The van der Waals surface area contributed by atoms with Crippen LogP contribution in [-0.4, -0.2) is 61.7 Å². The van der Waals surface area contributed by atoms with Crippen LogP contribution in [0.4, 0.5) is 4.39 Å². The monoisotopic (exact) mass is 390 g/mol. The molecule has 1 unspecified atom stereocenters. The van der Waals surface area contributed by atoms with Crippen LogP contribution in [0, 0.1) is 11.2 Å². The zero-order chi connectivity index (χ0) is 19.6. The fourth-order valence-electron chi connectivity index (χ4n) is 4.96. The van der Waals surface area contributed by atoms with Crippen molar-refractivity contribution in [1.29, 1.82) is 0 Å². The molecular formula is C22H31FN2O3. The molecule has 0 saturated carbocycles. The van der Waals surface area contributed by atoms with E-state index < -0.39 is 0 Å². The molecule has 1 aromatic carbocycles. The van der Waals surface area contributed by atoms with E-state index >= 15 is 0 Å². The number of likely N-dealkylation sites (tertiary alicyclic amines) is 2. The molecule has 5 nitrogen and oxygen atoms in total. The maximum atomic E-state index is 13.9. The summed E-state index contributed by atoms with van der Waals surface area (Å²) in [6.07, 6.45) is 6.27. The van der Waals surface area contributed by atoms with Crippen LogP contribution in [0.5, 0.6) is 5.75 Å². The van der Waals surface area contributed by atoms with E-state index in [1.165, 1.54) is 7.11 Å². The molecule has 0 N–H and O–H groups in total. The Morgan fingerprint density at radius 1 is 1.29 bits per heavy atom. The molecule has 1 amide bonds. The molecule has 3 saturated heterocycles. The van der Waals surface area contributed by atoms with Crippen LogP contribution in [0.2, 0.25) is 0 Å². The maximum absolute atomic E-state index is 13.9. The minimum atomic E-state index is -0.302. The number of hydrogen-bond acceptors (Lipinski definition) is 4. The summed E-state index contributed by atoms with van der Waals surface area (Å²) < 4.78 is 24.7. The van der Waals surface area contributed by atoms with E-state index in [0.29, 0.717) is 12.2 Å². The molecule has 6 heteroatoms. The van der Waals surface area contributed by atoms with E-state index in [0.717, 1.165) is 77.0 Å². The molecule has 154 valence electrons. The van der Waals surface area contributed by atoms with Gasteiger partial charge in [-0.3, -0.25) is 9.69 Å². The van der Waals surface area contributed by atoms with Crippen LogP contribution < -0.4 is 4.74 Å². The number of benzene rings is 1. The molecule has 28 heavy (non-hydrogen) atoms. The van der Waals surface area contributed by atoms with Crippen LogP contribution in [0.1, 0.15) is 44.1 Å². The summed E-state index contributed by atoms with van der Waals surface area (Å²) in [6, 6.07) is 5.21. The molecule has 0 aliphatic carbocycles. The number of ether oxygens (including phenoxy) is 2. The van der Waals surface area contributed by atoms with Crippen molar-refractivity contribution in [2.45, 2.75) is 51.2 Å². The fraction of sp³-hybridized carbons (Fsp3) is 0.682. The standard InChI is InChI=1S/C22H31FN2O3/c1-27-20-5-4-17(13-19(20)23)14-24-10-8-22(9-11-24)7-6-21(26)25(16-22)15-18-3-2-12-28-18/h4-5,13,18H,2-3,6-12,14-16H2,1H3. The van der Waals surface area contributed by atoms with Gasteiger partial charge in [0.15, 0.2) is 11.6 Å². The van der Waals surface area contributed by atoms with Crippen LogP contribution in [0.25, 0.3) is 0 Å². The molecule has 4 rings (SSSR count). The molecule has 1 aromatic rings. The van der Waals surface area contributed by atoms with E-state index in [1.54, 1.807) is 12.1 Å². The van der Waals surface area contributed by atoms with E-state index in [2.05, 4.69) is 9.80 Å². The molecule has 3 fully saturated rings. The first kappa shape index (κ1) is 19.6. The predicted octanol–water partition coefficient (Wildman–Crippen LogP) is 3.22. The maximum Gasteiger partial charge on any atom is 0.222 e. The van der Waals surface area contributed by atoms with E-state index in [1.807, 2.05) is 6.07 Å². The molecule has 3 heterocycles. The Kier molecular flexibility index (Phi) is 5.88. The smallest absolute Gasteiger partial charge is 0.222 e. The molecular weight excluding hydrogens is 359 g/mol. The van der Waals surface area contributed by atoms with Gasteiger partial charge in [-0.15, -0.1) is 0 Å². The minimum Gasteiger partial charge on any atom is -0.494 e. The number of carbonyl (C=O) groups is 1. The summed E-state index contributed by atoms with van der Waals surface area (Å²) >= 11 is 0. The topological polar surface area (TPSA) is 42.0 Å². The normalized spacial score (nSPS) is 25.4. The lowest BCUT2D eigenvalue weighted by Gasteiger charge is -2.48. The fourth-order valence-corrected chi connectivity index (χ4v) is 4.96.